The first kappa shape index (κ1) is 41.8. The van der Waals surface area contributed by atoms with Crippen molar-refractivity contribution in [3.63, 3.8) is 0 Å². The van der Waals surface area contributed by atoms with Crippen molar-refractivity contribution >= 4 is 23.3 Å². The summed E-state index contributed by atoms with van der Waals surface area (Å²) < 4.78 is 19.5. The molecule has 11 heteroatoms. The van der Waals surface area contributed by atoms with Gasteiger partial charge in [0.15, 0.2) is 6.29 Å². The number of aliphatic hydroxyl groups is 1. The Balaban J connectivity index is 0.845. The van der Waals surface area contributed by atoms with Gasteiger partial charge in [-0.2, -0.15) is 0 Å². The number of carbonyl (C=O) groups excluding carboxylic acids is 2. The molecule has 63 heavy (non-hydrogen) atoms. The van der Waals surface area contributed by atoms with Crippen molar-refractivity contribution in [2.75, 3.05) is 36.5 Å². The number of amides is 3. The van der Waals surface area contributed by atoms with Crippen LogP contribution < -0.4 is 25.6 Å². The van der Waals surface area contributed by atoms with E-state index < -0.39 is 11.8 Å². The monoisotopic (exact) mass is 843 g/mol. The Morgan fingerprint density at radius 3 is 2.16 bits per heavy atom. The molecule has 0 bridgehead atoms. The van der Waals surface area contributed by atoms with Crippen molar-refractivity contribution in [1.82, 2.24) is 15.5 Å². The zero-order valence-electron chi connectivity index (χ0n) is 35.4. The van der Waals surface area contributed by atoms with Crippen LogP contribution in [0.25, 0.3) is 11.1 Å². The summed E-state index contributed by atoms with van der Waals surface area (Å²) in [5.41, 5.74) is 7.00. The lowest BCUT2D eigenvalue weighted by atomic mass is 9.84. The van der Waals surface area contributed by atoms with Crippen LogP contribution in [0.5, 0.6) is 11.5 Å². The van der Waals surface area contributed by atoms with Gasteiger partial charge in [0.1, 0.15) is 17.0 Å². The topological polar surface area (TPSA) is 125 Å². The number of urea groups is 1. The Morgan fingerprint density at radius 2 is 1.44 bits per heavy atom. The van der Waals surface area contributed by atoms with Crippen LogP contribution in [-0.4, -0.2) is 59.9 Å². The van der Waals surface area contributed by atoms with E-state index in [1.165, 1.54) is 0 Å². The lowest BCUT2D eigenvalue weighted by molar-refractivity contribution is -0.276. The third-order valence-electron chi connectivity index (χ3n) is 12.6. The van der Waals surface area contributed by atoms with Crippen molar-refractivity contribution in [2.24, 2.45) is 5.92 Å². The average Bonchev–Trinajstić information content (AvgIpc) is 3.65. The predicted molar refractivity (Wildman–Crippen MR) is 244 cm³/mol. The minimum Gasteiger partial charge on any atom is -0.457 e. The van der Waals surface area contributed by atoms with Gasteiger partial charge < -0.3 is 45.1 Å². The van der Waals surface area contributed by atoms with Crippen LogP contribution in [0.2, 0.25) is 0 Å². The van der Waals surface area contributed by atoms with Gasteiger partial charge >= 0.3 is 6.03 Å². The van der Waals surface area contributed by atoms with Gasteiger partial charge in [-0.05, 0) is 95.3 Å². The first-order valence-electron chi connectivity index (χ1n) is 21.7. The van der Waals surface area contributed by atoms with Gasteiger partial charge in [-0.1, -0.05) is 110 Å². The summed E-state index contributed by atoms with van der Waals surface area (Å²) in [6.07, 6.45) is 0.480. The highest BCUT2D eigenvalue weighted by Crippen LogP contribution is 2.43. The van der Waals surface area contributed by atoms with E-state index in [1.807, 2.05) is 109 Å². The standard InChI is InChI=1S/C52H53N5O6/c1-36-47(33-56-29-27-52(28-30-56)50(59)54-35-57(52)44-11-4-2-5-12-44)62-49(63-48(36)40-17-15-37(34-58)16-18-40)41-21-19-39(20-22-41)42-10-8-9-38(31-42)32-53-51(60)55-43-23-25-46(26-24-43)61-45-13-6-3-7-14-45/h2-26,31,36,47-49,58H,27-30,32-35H2,1H3,(H,54,59)(H2,53,55,60)/t36-,47+,48+,49+/m0/s1. The lowest BCUT2D eigenvalue weighted by Gasteiger charge is -2.46. The fraction of sp³-hybridized carbons (Fsp3) is 0.269. The molecule has 322 valence electrons. The van der Waals surface area contributed by atoms with Gasteiger partial charge in [0.05, 0.1) is 25.5 Å². The molecule has 6 aromatic rings. The zero-order chi connectivity index (χ0) is 43.2. The molecule has 3 heterocycles. The highest BCUT2D eigenvalue weighted by molar-refractivity contribution is 5.93. The third-order valence-corrected chi connectivity index (χ3v) is 12.6. The predicted octanol–water partition coefficient (Wildman–Crippen LogP) is 9.18. The molecule has 3 saturated heterocycles. The number of benzene rings is 6. The van der Waals surface area contributed by atoms with E-state index in [4.69, 9.17) is 14.2 Å². The summed E-state index contributed by atoms with van der Waals surface area (Å²) in [6, 6.07) is 51.1. The largest absolute Gasteiger partial charge is 0.457 e. The number of likely N-dealkylation sites (tertiary alicyclic amines) is 1. The molecule has 0 unspecified atom stereocenters. The number of anilines is 2. The second-order valence-corrected chi connectivity index (χ2v) is 16.7. The Labute approximate surface area is 368 Å². The molecule has 3 amide bonds. The van der Waals surface area contributed by atoms with E-state index in [0.29, 0.717) is 31.2 Å². The molecular formula is C52H53N5O6. The minimum atomic E-state index is -0.602. The number of carbonyl (C=O) groups is 2. The van der Waals surface area contributed by atoms with Crippen molar-refractivity contribution < 1.29 is 28.9 Å². The molecular weight excluding hydrogens is 791 g/mol. The van der Waals surface area contributed by atoms with Crippen LogP contribution in [0.15, 0.2) is 158 Å². The maximum absolute atomic E-state index is 13.4. The molecule has 0 aliphatic carbocycles. The van der Waals surface area contributed by atoms with Crippen LogP contribution in [0.1, 0.15) is 54.4 Å². The number of nitrogens with one attached hydrogen (secondary N) is 3. The summed E-state index contributed by atoms with van der Waals surface area (Å²) in [5, 5.41) is 18.7. The molecule has 0 aromatic heterocycles. The molecule has 0 radical (unpaired) electrons. The van der Waals surface area contributed by atoms with Gasteiger partial charge in [-0.3, -0.25) is 4.79 Å². The maximum Gasteiger partial charge on any atom is 0.319 e. The number of hydrogen-bond donors (Lipinski definition) is 4. The quantitative estimate of drug-likeness (QED) is 0.0962. The highest BCUT2D eigenvalue weighted by atomic mass is 16.7. The highest BCUT2D eigenvalue weighted by Gasteiger charge is 2.51. The summed E-state index contributed by atoms with van der Waals surface area (Å²) in [5.74, 6) is 1.57. The summed E-state index contributed by atoms with van der Waals surface area (Å²) in [7, 11) is 0. The normalized spacial score (nSPS) is 20.9. The van der Waals surface area contributed by atoms with Gasteiger partial charge in [0.2, 0.25) is 5.91 Å². The molecule has 6 aromatic carbocycles. The summed E-state index contributed by atoms with van der Waals surface area (Å²) >= 11 is 0. The third kappa shape index (κ3) is 9.47. The molecule has 3 aliphatic heterocycles. The molecule has 3 aliphatic rings. The Hall–Kier alpha value is -6.50. The van der Waals surface area contributed by atoms with Gasteiger partial charge in [0, 0.05) is 49.0 Å². The number of rotatable bonds is 12. The van der Waals surface area contributed by atoms with E-state index in [9.17, 15) is 14.7 Å². The number of nitrogens with zero attached hydrogens (tertiary/aromatic N) is 2. The Bertz CT molecular complexity index is 2460. The van der Waals surface area contributed by atoms with Crippen molar-refractivity contribution in [1.29, 1.82) is 0 Å². The van der Waals surface area contributed by atoms with Crippen molar-refractivity contribution in [3.8, 4) is 22.6 Å². The van der Waals surface area contributed by atoms with Crippen LogP contribution in [-0.2, 0) is 27.4 Å². The fourth-order valence-electron chi connectivity index (χ4n) is 9.00. The lowest BCUT2D eigenvalue weighted by Crippen LogP contribution is -2.57. The summed E-state index contributed by atoms with van der Waals surface area (Å²) in [4.78, 5) is 30.9. The number of piperidine rings is 1. The molecule has 4 N–H and O–H groups in total. The second kappa shape index (κ2) is 18.9. The molecule has 11 nitrogen and oxygen atoms in total. The van der Waals surface area contributed by atoms with E-state index in [0.717, 1.165) is 70.7 Å². The smallest absolute Gasteiger partial charge is 0.319 e. The number of aliphatic hydroxyl groups excluding tert-OH is 1. The van der Waals surface area contributed by atoms with E-state index in [1.54, 1.807) is 0 Å². The van der Waals surface area contributed by atoms with Crippen LogP contribution in [0.3, 0.4) is 0 Å². The molecule has 4 atom stereocenters. The molecule has 3 fully saturated rings. The van der Waals surface area contributed by atoms with Gasteiger partial charge in [-0.15, -0.1) is 0 Å². The Kier molecular flexibility index (Phi) is 12.5. The van der Waals surface area contributed by atoms with Crippen LogP contribution in [0, 0.1) is 5.92 Å². The number of para-hydroxylation sites is 2. The molecule has 1 spiro atoms. The van der Waals surface area contributed by atoms with E-state index >= 15 is 0 Å². The SMILES string of the molecule is C[C@H]1[C@@H](CN2CCC3(CC2)C(=O)NCN3c2ccccc2)O[C@@H](c2ccc(-c3cccc(CNC(=O)Nc4ccc(Oc5ccccc5)cc4)c3)cc2)O[C@H]1c1ccc(CO)cc1. The fourth-order valence-corrected chi connectivity index (χ4v) is 9.00. The van der Waals surface area contributed by atoms with Crippen LogP contribution >= 0.6 is 0 Å². The van der Waals surface area contributed by atoms with Gasteiger partial charge in [0.25, 0.3) is 0 Å². The minimum absolute atomic E-state index is 0.0192. The zero-order valence-corrected chi connectivity index (χ0v) is 35.4. The maximum atomic E-state index is 13.4. The number of hydrogen-bond acceptors (Lipinski definition) is 8. The van der Waals surface area contributed by atoms with E-state index in [-0.39, 0.29) is 36.7 Å². The van der Waals surface area contributed by atoms with E-state index in [2.05, 4.69) is 81.2 Å². The molecule has 9 rings (SSSR count). The van der Waals surface area contributed by atoms with Crippen molar-refractivity contribution in [2.45, 2.75) is 57.0 Å². The second-order valence-electron chi connectivity index (χ2n) is 16.7. The van der Waals surface area contributed by atoms with Gasteiger partial charge in [-0.25, -0.2) is 4.79 Å². The van der Waals surface area contributed by atoms with Crippen molar-refractivity contribution in [3.05, 3.63) is 180 Å². The first-order valence-corrected chi connectivity index (χ1v) is 21.7. The first-order chi connectivity index (χ1) is 30.8. The van der Waals surface area contributed by atoms with Crippen LogP contribution in [0.4, 0.5) is 16.2 Å². The summed E-state index contributed by atoms with van der Waals surface area (Å²) in [6.45, 7) is 5.30. The Morgan fingerprint density at radius 1 is 0.762 bits per heavy atom. The average molecular weight is 844 g/mol. The molecule has 0 saturated carbocycles. The number of ether oxygens (including phenoxy) is 3.